The number of aromatic amines is 1. The van der Waals surface area contributed by atoms with Crippen molar-refractivity contribution < 1.29 is 9.90 Å². The van der Waals surface area contributed by atoms with Crippen molar-refractivity contribution in [3.8, 4) is 0 Å². The van der Waals surface area contributed by atoms with Crippen LogP contribution in [-0.4, -0.2) is 38.3 Å². The van der Waals surface area contributed by atoms with Crippen molar-refractivity contribution in [1.82, 2.24) is 10.2 Å². The molecule has 0 bridgehead atoms. The molecular weight excluding hydrogens is 187 g/mol. The summed E-state index contributed by atoms with van der Waals surface area (Å²) in [5.74, 6) is -0.984. The molecule has 1 heterocycles. The normalized spacial score (nSPS) is 8.00. The molecule has 0 aromatic carbocycles. The summed E-state index contributed by atoms with van der Waals surface area (Å²) in [6, 6.07) is 1.39. The van der Waals surface area contributed by atoms with Crippen LogP contribution in [0.25, 0.3) is 0 Å². The van der Waals surface area contributed by atoms with Crippen molar-refractivity contribution in [2.24, 2.45) is 0 Å². The van der Waals surface area contributed by atoms with Gasteiger partial charge in [-0.15, -0.1) is 0 Å². The molecule has 0 atom stereocenters. The van der Waals surface area contributed by atoms with Gasteiger partial charge in [-0.2, -0.15) is 5.10 Å². The van der Waals surface area contributed by atoms with E-state index in [0.717, 1.165) is 0 Å². The maximum atomic E-state index is 9.99. The first kappa shape index (κ1) is 8.20. The van der Waals surface area contributed by atoms with E-state index in [9.17, 15) is 4.79 Å². The van der Waals surface area contributed by atoms with Crippen LogP contribution >= 0.6 is 0 Å². The van der Waals surface area contributed by atoms with Crippen molar-refractivity contribution in [2.45, 2.75) is 0 Å². The third kappa shape index (κ3) is 1.87. The van der Waals surface area contributed by atoms with Crippen LogP contribution in [0.3, 0.4) is 0 Å². The van der Waals surface area contributed by atoms with Crippen molar-refractivity contribution in [3.63, 3.8) is 0 Å². The van der Waals surface area contributed by atoms with E-state index in [1.807, 2.05) is 0 Å². The molecule has 1 aromatic heterocycles. The van der Waals surface area contributed by atoms with Gasteiger partial charge in [-0.25, -0.2) is 4.79 Å². The number of nitrogens with one attached hydrogen (secondary N) is 1. The number of carboxylic acid groups (broad SMARTS) is 1. The van der Waals surface area contributed by atoms with E-state index in [1.165, 1.54) is 12.3 Å². The summed E-state index contributed by atoms with van der Waals surface area (Å²) < 4.78 is 0. The van der Waals surface area contributed by atoms with Gasteiger partial charge in [0.05, 0.1) is 0 Å². The van der Waals surface area contributed by atoms with Crippen molar-refractivity contribution in [1.29, 1.82) is 0 Å². The third-order valence-electron chi connectivity index (χ3n) is 0.731. The third-order valence-corrected chi connectivity index (χ3v) is 0.731. The molecule has 1 rings (SSSR count). The summed E-state index contributed by atoms with van der Waals surface area (Å²) in [5, 5.41) is 13.9. The first-order chi connectivity index (χ1) is 3.80. The molecule has 0 saturated heterocycles. The molecule has 9 heavy (non-hydrogen) atoms. The number of aromatic nitrogens is 2. The Hall–Kier alpha value is -0.801. The fourth-order valence-electron chi connectivity index (χ4n) is 0.375. The van der Waals surface area contributed by atoms with Crippen LogP contribution in [0, 0.1) is 0 Å². The fraction of sp³-hybridized carbons (Fsp3) is 0. The molecule has 0 aliphatic heterocycles. The Kier molecular flexibility index (Phi) is 2.98. The van der Waals surface area contributed by atoms with E-state index in [0.29, 0.717) is 0 Å². The Morgan fingerprint density at radius 3 is 2.67 bits per heavy atom. The molecule has 2 N–H and O–H groups in total. The van der Waals surface area contributed by atoms with E-state index in [1.54, 1.807) is 0 Å². The molecule has 0 unspecified atom stereocenters. The van der Waals surface area contributed by atoms with Gasteiger partial charge in [0.15, 0.2) is 0 Å². The van der Waals surface area contributed by atoms with Gasteiger partial charge >= 0.3 is 23.0 Å². The monoisotopic (exact) mass is 194 g/mol. The van der Waals surface area contributed by atoms with Gasteiger partial charge in [0, 0.05) is 6.20 Å². The SMILES string of the molecule is O=C(O)c1ccn[nH]1.[SeH2]. The molecule has 4 nitrogen and oxygen atoms in total. The zero-order chi connectivity index (χ0) is 5.98. The van der Waals surface area contributed by atoms with Crippen LogP contribution in [0.15, 0.2) is 12.3 Å². The zero-order valence-corrected chi connectivity index (χ0v) is 6.56. The topological polar surface area (TPSA) is 66.0 Å². The number of hydrogen-bond donors (Lipinski definition) is 2. The number of H-pyrrole nitrogens is 1. The molecule has 0 amide bonds. The van der Waals surface area contributed by atoms with Gasteiger partial charge in [-0.1, -0.05) is 0 Å². The first-order valence-corrected chi connectivity index (χ1v) is 2.03. The van der Waals surface area contributed by atoms with E-state index in [4.69, 9.17) is 5.11 Å². The Bertz CT molecular complexity index is 184. The standard InChI is InChI=1S/C4H4N2O2.H2Se/c7-4(8)3-1-2-5-6-3;/h1-2H,(H,5,6)(H,7,8);1H2. The van der Waals surface area contributed by atoms with Crippen LogP contribution in [0.2, 0.25) is 0 Å². The number of hydrogen-bond acceptors (Lipinski definition) is 2. The Labute approximate surface area is 61.7 Å². The predicted molar refractivity (Wildman–Crippen MR) is 34.1 cm³/mol. The Morgan fingerprint density at radius 1 is 1.78 bits per heavy atom. The summed E-state index contributed by atoms with van der Waals surface area (Å²) in [4.78, 5) is 9.99. The van der Waals surface area contributed by atoms with Crippen molar-refractivity contribution in [2.75, 3.05) is 0 Å². The molecule has 0 fully saturated rings. The van der Waals surface area contributed by atoms with Gasteiger partial charge in [-0.05, 0) is 6.07 Å². The van der Waals surface area contributed by atoms with Crippen LogP contribution in [0.4, 0.5) is 0 Å². The van der Waals surface area contributed by atoms with E-state index >= 15 is 0 Å². The fourth-order valence-corrected chi connectivity index (χ4v) is 0.375. The van der Waals surface area contributed by atoms with E-state index in [-0.39, 0.29) is 22.8 Å². The van der Waals surface area contributed by atoms with Gasteiger partial charge < -0.3 is 5.11 Å². The van der Waals surface area contributed by atoms with Gasteiger partial charge in [-0.3, -0.25) is 5.10 Å². The molecule has 50 valence electrons. The minimum absolute atomic E-state index is 0. The summed E-state index contributed by atoms with van der Waals surface area (Å²) in [6.45, 7) is 0. The number of rotatable bonds is 1. The quantitative estimate of drug-likeness (QED) is 0.573. The van der Waals surface area contributed by atoms with Gasteiger partial charge in [0.2, 0.25) is 0 Å². The molecule has 0 spiro atoms. The van der Waals surface area contributed by atoms with Gasteiger partial charge in [0.1, 0.15) is 5.69 Å². The van der Waals surface area contributed by atoms with E-state index < -0.39 is 5.97 Å². The second kappa shape index (κ2) is 3.27. The van der Waals surface area contributed by atoms with Crippen molar-refractivity contribution in [3.05, 3.63) is 18.0 Å². The first-order valence-electron chi connectivity index (χ1n) is 2.03. The summed E-state index contributed by atoms with van der Waals surface area (Å²) in [6.07, 6.45) is 1.39. The Morgan fingerprint density at radius 2 is 2.44 bits per heavy atom. The molecule has 0 aliphatic carbocycles. The van der Waals surface area contributed by atoms with E-state index in [2.05, 4.69) is 10.2 Å². The number of carboxylic acids is 1. The second-order valence-electron chi connectivity index (χ2n) is 1.28. The van der Waals surface area contributed by atoms with Crippen LogP contribution in [0.1, 0.15) is 10.5 Å². The molecule has 5 heteroatoms. The molecule has 0 radical (unpaired) electrons. The second-order valence-corrected chi connectivity index (χ2v) is 1.28. The summed E-state index contributed by atoms with van der Waals surface area (Å²) in [7, 11) is 0. The average Bonchev–Trinajstić information content (AvgIpc) is 2.12. The average molecular weight is 193 g/mol. The number of nitrogens with zero attached hydrogens (tertiary/aromatic N) is 1. The zero-order valence-electron chi connectivity index (χ0n) is 4.46. The molecule has 1 aromatic rings. The number of carbonyl (C=O) groups is 1. The maximum absolute atomic E-state index is 9.99. The number of aromatic carboxylic acids is 1. The summed E-state index contributed by atoms with van der Waals surface area (Å²) in [5.41, 5.74) is 0.116. The van der Waals surface area contributed by atoms with Gasteiger partial charge in [0.25, 0.3) is 0 Å². The minimum atomic E-state index is -0.984. The molecule has 0 aliphatic rings. The molecular formula is C4H6N2O2Se. The predicted octanol–water partition coefficient (Wildman–Crippen LogP) is -0.808. The Balaban J connectivity index is 0.000000640. The summed E-state index contributed by atoms with van der Waals surface area (Å²) >= 11 is 0. The van der Waals surface area contributed by atoms with Crippen molar-refractivity contribution >= 4 is 23.0 Å². The van der Waals surface area contributed by atoms with Crippen LogP contribution in [-0.2, 0) is 0 Å². The van der Waals surface area contributed by atoms with Crippen LogP contribution in [0.5, 0.6) is 0 Å². The molecule has 0 saturated carbocycles. The van der Waals surface area contributed by atoms with Crippen LogP contribution < -0.4 is 0 Å².